The third kappa shape index (κ3) is 66.8. The Balaban J connectivity index is 4.24. The Kier molecular flexibility index (Phi) is 59.9. The first kappa shape index (κ1) is 79.6. The van der Waals surface area contributed by atoms with Gasteiger partial charge in [0, 0.05) is 12.8 Å². The minimum atomic E-state index is -4.41. The summed E-state index contributed by atoms with van der Waals surface area (Å²) in [6.07, 6.45) is 94.8. The van der Waals surface area contributed by atoms with Crippen LogP contribution in [0.5, 0.6) is 0 Å². The smallest absolute Gasteiger partial charge is 0.462 e. The molecule has 1 N–H and O–H groups in total. The van der Waals surface area contributed by atoms with Gasteiger partial charge in [-0.3, -0.25) is 18.6 Å². The molecule has 0 saturated carbocycles. The molecule has 9 nitrogen and oxygen atoms in total. The molecule has 0 fully saturated rings. The number of hydrogen-bond acceptors (Lipinski definition) is 7. The fraction of sp³-hybridized carbons (Fsp3) is 0.622. The molecule has 2 unspecified atom stereocenters. The average molecular weight is 1190 g/mol. The zero-order valence-corrected chi connectivity index (χ0v) is 55.0. The molecule has 0 aliphatic rings. The van der Waals surface area contributed by atoms with E-state index in [1.54, 1.807) is 0 Å². The second-order valence-electron chi connectivity index (χ2n) is 22.8. The number of carbonyl (C=O) groups is 2. The molecule has 0 rings (SSSR count). The summed E-state index contributed by atoms with van der Waals surface area (Å²) >= 11 is 0. The van der Waals surface area contributed by atoms with Gasteiger partial charge in [0.2, 0.25) is 0 Å². The molecule has 0 aromatic carbocycles. The number of quaternary nitrogens is 1. The van der Waals surface area contributed by atoms with Gasteiger partial charge in [-0.1, -0.05) is 262 Å². The van der Waals surface area contributed by atoms with Crippen molar-refractivity contribution in [2.24, 2.45) is 0 Å². The summed E-state index contributed by atoms with van der Waals surface area (Å²) in [6, 6.07) is 0. The van der Waals surface area contributed by atoms with Gasteiger partial charge in [-0.15, -0.1) is 0 Å². The van der Waals surface area contributed by atoms with Crippen LogP contribution in [0.1, 0.15) is 245 Å². The van der Waals surface area contributed by atoms with Crippen molar-refractivity contribution in [2.45, 2.75) is 251 Å². The Hall–Kier alpha value is -4.37. The Morgan fingerprint density at radius 1 is 0.381 bits per heavy atom. The largest absolute Gasteiger partial charge is 0.472 e. The monoisotopic (exact) mass is 1180 g/mol. The van der Waals surface area contributed by atoms with E-state index in [0.717, 1.165) is 109 Å². The number of phosphoric ester groups is 1. The van der Waals surface area contributed by atoms with Crippen LogP contribution in [0.2, 0.25) is 0 Å². The maximum Gasteiger partial charge on any atom is 0.472 e. The van der Waals surface area contributed by atoms with Gasteiger partial charge in [-0.05, 0) is 128 Å². The van der Waals surface area contributed by atoms with E-state index >= 15 is 0 Å². The zero-order chi connectivity index (χ0) is 61.2. The highest BCUT2D eigenvalue weighted by molar-refractivity contribution is 7.47. The van der Waals surface area contributed by atoms with Crippen molar-refractivity contribution in [1.29, 1.82) is 0 Å². The Morgan fingerprint density at radius 2 is 0.679 bits per heavy atom. The molecule has 476 valence electrons. The van der Waals surface area contributed by atoms with E-state index in [1.807, 2.05) is 21.1 Å². The quantitative estimate of drug-likeness (QED) is 0.0211. The van der Waals surface area contributed by atoms with Gasteiger partial charge in [0.1, 0.15) is 19.8 Å². The van der Waals surface area contributed by atoms with Crippen LogP contribution in [0.15, 0.2) is 158 Å². The summed E-state index contributed by atoms with van der Waals surface area (Å²) < 4.78 is 34.6. The number of likely N-dealkylation sites (N-methyl/N-ethyl adjacent to an activating group) is 1. The van der Waals surface area contributed by atoms with Crippen LogP contribution in [0.3, 0.4) is 0 Å². The molecule has 0 aromatic rings. The predicted octanol–water partition coefficient (Wildman–Crippen LogP) is 21.6. The lowest BCUT2D eigenvalue weighted by molar-refractivity contribution is -0.870. The molecule has 0 saturated heterocycles. The van der Waals surface area contributed by atoms with Crippen molar-refractivity contribution in [3.63, 3.8) is 0 Å². The lowest BCUT2D eigenvalue weighted by Crippen LogP contribution is -2.37. The van der Waals surface area contributed by atoms with E-state index in [0.29, 0.717) is 17.4 Å². The first-order valence-electron chi connectivity index (χ1n) is 33.2. The molecule has 0 spiro atoms. The topological polar surface area (TPSA) is 108 Å². The number of ether oxygens (including phenoxy) is 2. The zero-order valence-electron chi connectivity index (χ0n) is 54.1. The van der Waals surface area contributed by atoms with Crippen LogP contribution >= 0.6 is 7.82 Å². The number of hydrogen-bond donors (Lipinski definition) is 1. The minimum absolute atomic E-state index is 0.0148. The Morgan fingerprint density at radius 3 is 1.05 bits per heavy atom. The van der Waals surface area contributed by atoms with Crippen LogP contribution in [0.25, 0.3) is 0 Å². The number of phosphoric acid groups is 1. The number of rotatable bonds is 59. The highest BCUT2D eigenvalue weighted by atomic mass is 31.2. The summed E-state index contributed by atoms with van der Waals surface area (Å²) in [6.45, 7) is 4.26. The maximum absolute atomic E-state index is 12.8. The molecule has 10 heteroatoms. The molecular formula is C74H123NO8P+. The third-order valence-corrected chi connectivity index (χ3v) is 14.5. The SMILES string of the molecule is CC/C=C\C/C=C\C/C=C\C/C=C\C/C=C\C/C=C\C/C=C\C/C=C\C/C=C\C/C=C\C/C=C\C/C=C\CCCCC(=O)OC(COC(=O)CCCCCCCCCCC/C=C\CCCCCCCCCC)COP(=O)(O)OCC[N+](C)(C)C. The molecule has 0 bridgehead atoms. The van der Waals surface area contributed by atoms with Crippen LogP contribution in [-0.4, -0.2) is 74.9 Å². The van der Waals surface area contributed by atoms with E-state index in [2.05, 4.69) is 172 Å². The molecule has 0 aromatic heterocycles. The van der Waals surface area contributed by atoms with Crippen molar-refractivity contribution < 1.29 is 42.1 Å². The third-order valence-electron chi connectivity index (χ3n) is 13.5. The second kappa shape index (κ2) is 63.1. The molecular weight excluding hydrogens is 1060 g/mol. The second-order valence-corrected chi connectivity index (χ2v) is 24.2. The van der Waals surface area contributed by atoms with E-state index in [4.69, 9.17) is 18.5 Å². The number of allylic oxidation sites excluding steroid dienone is 26. The number of esters is 2. The highest BCUT2D eigenvalue weighted by Crippen LogP contribution is 2.43. The van der Waals surface area contributed by atoms with Crippen LogP contribution in [0, 0.1) is 0 Å². The first-order valence-corrected chi connectivity index (χ1v) is 34.7. The van der Waals surface area contributed by atoms with Crippen LogP contribution < -0.4 is 0 Å². The highest BCUT2D eigenvalue weighted by Gasteiger charge is 2.27. The summed E-state index contributed by atoms with van der Waals surface area (Å²) in [7, 11) is 1.43. The number of nitrogens with zero attached hydrogens (tertiary/aromatic N) is 1. The number of carbonyl (C=O) groups excluding carboxylic acids is 2. The van der Waals surface area contributed by atoms with E-state index < -0.39 is 26.5 Å². The van der Waals surface area contributed by atoms with Gasteiger partial charge in [0.25, 0.3) is 0 Å². The molecule has 0 aliphatic heterocycles. The fourth-order valence-electron chi connectivity index (χ4n) is 8.46. The Bertz CT molecular complexity index is 1970. The van der Waals surface area contributed by atoms with E-state index in [1.165, 1.54) is 103 Å². The predicted molar refractivity (Wildman–Crippen MR) is 362 cm³/mol. The molecule has 84 heavy (non-hydrogen) atoms. The van der Waals surface area contributed by atoms with Crippen molar-refractivity contribution in [3.05, 3.63) is 158 Å². The lowest BCUT2D eigenvalue weighted by atomic mass is 10.1. The van der Waals surface area contributed by atoms with Gasteiger partial charge in [0.15, 0.2) is 6.10 Å². The maximum atomic E-state index is 12.8. The van der Waals surface area contributed by atoms with Gasteiger partial charge in [0.05, 0.1) is 27.7 Å². The van der Waals surface area contributed by atoms with Crippen LogP contribution in [0.4, 0.5) is 0 Å². The van der Waals surface area contributed by atoms with Gasteiger partial charge < -0.3 is 18.9 Å². The van der Waals surface area contributed by atoms with Gasteiger partial charge in [-0.2, -0.15) is 0 Å². The summed E-state index contributed by atoms with van der Waals surface area (Å²) in [4.78, 5) is 35.8. The average Bonchev–Trinajstić information content (AvgIpc) is 3.61. The van der Waals surface area contributed by atoms with E-state index in [-0.39, 0.29) is 32.0 Å². The van der Waals surface area contributed by atoms with Crippen molar-refractivity contribution in [3.8, 4) is 0 Å². The van der Waals surface area contributed by atoms with Crippen molar-refractivity contribution in [2.75, 3.05) is 47.5 Å². The molecule has 0 heterocycles. The first-order chi connectivity index (χ1) is 41.0. The molecule has 0 amide bonds. The molecule has 0 radical (unpaired) electrons. The molecule has 0 aliphatic carbocycles. The van der Waals surface area contributed by atoms with E-state index in [9.17, 15) is 19.0 Å². The van der Waals surface area contributed by atoms with Gasteiger partial charge in [-0.25, -0.2) is 4.57 Å². The summed E-state index contributed by atoms with van der Waals surface area (Å²) in [5.74, 6) is -0.859. The number of unbranched alkanes of at least 4 members (excludes halogenated alkanes) is 19. The van der Waals surface area contributed by atoms with Gasteiger partial charge >= 0.3 is 19.8 Å². The Labute approximate surface area is 516 Å². The standard InChI is InChI=1S/C74H122NO8P/c1-6-8-10-12-14-16-18-20-22-24-26-28-29-30-31-32-33-34-35-36-37-38-39-40-41-42-43-44-45-47-49-51-53-55-57-59-61-63-65-67-74(77)83-72(71-82-84(78,79)81-69-68-75(3,4)5)70-80-73(76)66-64-62-60-58-56-54-52-50-48-46-27-25-23-21-19-17-15-13-11-9-7-2/h8,10,14,16,20,22,25-28,30-31,33-34,36-37,39-40,42-43,45,47,51,53,57,59,72H,6-7,9,11-13,15,17-19,21,23-24,29,32,35,38,41,44,46,48-50,52,54-56,58,60-71H2,1-5H3/p+1/b10-8-,16-14-,22-20-,27-25-,28-26-,31-30-,34-33-,37-36-,40-39-,43-42-,47-45-,53-51-,59-57-. The van der Waals surface area contributed by atoms with Crippen molar-refractivity contribution in [1.82, 2.24) is 0 Å². The normalized spacial score (nSPS) is 14.2. The molecule has 2 atom stereocenters. The fourth-order valence-corrected chi connectivity index (χ4v) is 9.20. The summed E-state index contributed by atoms with van der Waals surface area (Å²) in [5.41, 5.74) is 0. The summed E-state index contributed by atoms with van der Waals surface area (Å²) in [5, 5.41) is 0. The van der Waals surface area contributed by atoms with Crippen LogP contribution in [-0.2, 0) is 32.7 Å². The van der Waals surface area contributed by atoms with Crippen molar-refractivity contribution >= 4 is 19.8 Å². The lowest BCUT2D eigenvalue weighted by Gasteiger charge is -2.24. The minimum Gasteiger partial charge on any atom is -0.462 e.